The third kappa shape index (κ3) is 23.9. The van der Waals surface area contributed by atoms with Gasteiger partial charge in [-0.3, -0.25) is 13.6 Å². The minimum Gasteiger partial charge on any atom is -0.680 e. The molecule has 0 aromatic rings. The first-order chi connectivity index (χ1) is 12.8. The summed E-state index contributed by atoms with van der Waals surface area (Å²) in [5, 5.41) is 17.8. The third-order valence-electron chi connectivity index (χ3n) is 4.01. The first-order valence-electron chi connectivity index (χ1n) is 9.88. The zero-order valence-electron chi connectivity index (χ0n) is 20.8. The number of hydrogen-bond acceptors (Lipinski definition) is 2. The van der Waals surface area contributed by atoms with Gasteiger partial charge in [0.05, 0.1) is 0 Å². The second kappa shape index (κ2) is 22.5. The van der Waals surface area contributed by atoms with Crippen LogP contribution in [0.3, 0.4) is 0 Å². The molecule has 0 aromatic heterocycles. The van der Waals surface area contributed by atoms with E-state index in [2.05, 4.69) is 104 Å². The molecule has 7 heteroatoms. The molecular formula is C22H46N4O2Ru. The minimum absolute atomic E-state index is 0. The van der Waals surface area contributed by atoms with Gasteiger partial charge < -0.3 is 30.9 Å². The van der Waals surface area contributed by atoms with E-state index in [1.807, 2.05) is 14.1 Å². The molecule has 0 spiro atoms. The Bertz CT molecular complexity index is 302. The Hall–Kier alpha value is -0.197. The zero-order valence-corrected chi connectivity index (χ0v) is 22.6. The normalized spacial score (nSPS) is 14.8. The fourth-order valence-electron chi connectivity index (χ4n) is 2.05. The molecule has 0 fully saturated rings. The molecule has 0 radical (unpaired) electrons. The van der Waals surface area contributed by atoms with Crippen molar-refractivity contribution in [2.45, 2.75) is 106 Å². The van der Waals surface area contributed by atoms with Crippen molar-refractivity contribution in [3.63, 3.8) is 0 Å². The van der Waals surface area contributed by atoms with Crippen molar-refractivity contribution in [1.29, 1.82) is 0 Å². The summed E-state index contributed by atoms with van der Waals surface area (Å²) in [6.07, 6.45) is 2.49. The van der Waals surface area contributed by atoms with Crippen LogP contribution in [0.5, 0.6) is 0 Å². The molecule has 4 unspecified atom stereocenters. The Labute approximate surface area is 195 Å². The number of rotatable bonds is 8. The molecule has 6 nitrogen and oxygen atoms in total. The maximum absolute atomic E-state index is 7.75. The fraction of sp³-hybridized carbons (Fsp3) is 0.909. The van der Waals surface area contributed by atoms with Crippen molar-refractivity contribution < 1.29 is 29.1 Å². The van der Waals surface area contributed by atoms with E-state index >= 15 is 0 Å². The largest absolute Gasteiger partial charge is 6.00 e. The molecule has 0 bridgehead atoms. The van der Waals surface area contributed by atoms with E-state index in [1.54, 1.807) is 0 Å². The smallest absolute Gasteiger partial charge is 0.680 e. The van der Waals surface area contributed by atoms with Crippen LogP contribution in [0.15, 0.2) is 0 Å². The average molecular weight is 500 g/mol. The van der Waals surface area contributed by atoms with Gasteiger partial charge in [-0.2, -0.15) is 14.1 Å². The van der Waals surface area contributed by atoms with Crippen molar-refractivity contribution in [2.75, 3.05) is 14.1 Å². The van der Waals surface area contributed by atoms with Crippen LogP contribution >= 0.6 is 0 Å². The Kier molecular flexibility index (Phi) is 30.5. The SMILES string of the molecule is CCC(C)[N-]C([N-]C)C(C)(C)C.CCC(C)[N-]C([N-]C)C(C)(C)C.[CH-]=O.[CH-]=O.[Ru+6]. The summed E-state index contributed by atoms with van der Waals surface area (Å²) in [6, 6.07) is 0.857. The molecule has 0 aliphatic rings. The molecule has 0 aromatic carbocycles. The predicted molar refractivity (Wildman–Crippen MR) is 125 cm³/mol. The van der Waals surface area contributed by atoms with Crippen molar-refractivity contribution in [3.8, 4) is 0 Å². The van der Waals surface area contributed by atoms with Crippen LogP contribution in [0.1, 0.15) is 82.1 Å². The average Bonchev–Trinajstić information content (AvgIpc) is 2.65. The van der Waals surface area contributed by atoms with E-state index in [0.717, 1.165) is 12.8 Å². The summed E-state index contributed by atoms with van der Waals surface area (Å²) >= 11 is 0. The van der Waals surface area contributed by atoms with Crippen LogP contribution in [-0.2, 0) is 29.1 Å². The molecule has 0 rings (SSSR count). The summed E-state index contributed by atoms with van der Waals surface area (Å²) in [7, 11) is 3.70. The van der Waals surface area contributed by atoms with Crippen LogP contribution in [-0.4, -0.2) is 52.1 Å². The van der Waals surface area contributed by atoms with Gasteiger partial charge in [0, 0.05) is 0 Å². The zero-order chi connectivity index (χ0) is 23.6. The maximum atomic E-state index is 7.75. The van der Waals surface area contributed by atoms with Gasteiger partial charge in [-0.15, -0.1) is 12.1 Å². The van der Waals surface area contributed by atoms with Crippen LogP contribution < -0.4 is 0 Å². The molecule has 0 N–H and O–H groups in total. The summed E-state index contributed by atoms with van der Waals surface area (Å²) in [5.74, 6) is 0. The van der Waals surface area contributed by atoms with E-state index in [0.29, 0.717) is 12.1 Å². The molecule has 0 amide bonds. The summed E-state index contributed by atoms with van der Waals surface area (Å²) < 4.78 is 0. The van der Waals surface area contributed by atoms with E-state index in [9.17, 15) is 0 Å². The van der Waals surface area contributed by atoms with Crippen molar-refractivity contribution in [3.05, 3.63) is 21.3 Å². The summed E-state index contributed by atoms with van der Waals surface area (Å²) in [6.45, 7) is 28.2. The molecule has 174 valence electrons. The number of hydrogen-bond donors (Lipinski definition) is 0. The van der Waals surface area contributed by atoms with Crippen molar-refractivity contribution >= 4 is 13.6 Å². The first kappa shape index (κ1) is 39.3. The van der Waals surface area contributed by atoms with Crippen LogP contribution in [0.25, 0.3) is 21.3 Å². The van der Waals surface area contributed by atoms with Crippen LogP contribution in [0.4, 0.5) is 0 Å². The van der Waals surface area contributed by atoms with Gasteiger partial charge in [0.2, 0.25) is 0 Å². The number of carbonyl (C=O) groups excluding carboxylic acids is 2. The van der Waals surface area contributed by atoms with E-state index in [1.165, 1.54) is 0 Å². The number of nitrogens with zero attached hydrogens (tertiary/aromatic N) is 4. The summed E-state index contributed by atoms with van der Waals surface area (Å²) in [4.78, 5) is 15.5. The van der Waals surface area contributed by atoms with E-state index < -0.39 is 0 Å². The Morgan fingerprint density at radius 2 is 0.862 bits per heavy atom. The quantitative estimate of drug-likeness (QED) is 0.216. The monoisotopic (exact) mass is 500 g/mol. The summed E-state index contributed by atoms with van der Waals surface area (Å²) in [5.41, 5.74) is 0.330. The van der Waals surface area contributed by atoms with Crippen LogP contribution in [0, 0.1) is 10.8 Å². The molecule has 4 atom stereocenters. The molecular weight excluding hydrogens is 453 g/mol. The molecule has 0 aliphatic carbocycles. The fourth-order valence-corrected chi connectivity index (χ4v) is 2.05. The predicted octanol–water partition coefficient (Wildman–Crippen LogP) is 6.52. The standard InChI is InChI=1S/2C10H22N2.2CHO.Ru/c2*1-7-8(2)12-9(11-6)10(3,4)5;2*1-2;/h2*8-9H,7H2,1-6H3;2*1H;/q2*-2;2*-1;+6. The molecule has 0 saturated heterocycles. The van der Waals surface area contributed by atoms with Gasteiger partial charge in [0.15, 0.2) is 0 Å². The Morgan fingerprint density at radius 3 is 0.966 bits per heavy atom. The van der Waals surface area contributed by atoms with Gasteiger partial charge in [0.1, 0.15) is 0 Å². The van der Waals surface area contributed by atoms with Gasteiger partial charge in [-0.25, -0.2) is 12.3 Å². The second-order valence-electron chi connectivity index (χ2n) is 8.81. The minimum atomic E-state index is 0. The molecule has 0 aliphatic heterocycles. The molecule has 0 heterocycles. The van der Waals surface area contributed by atoms with Gasteiger partial charge >= 0.3 is 19.5 Å². The third-order valence-corrected chi connectivity index (χ3v) is 4.01. The second-order valence-corrected chi connectivity index (χ2v) is 8.81. The molecule has 0 saturated carbocycles. The van der Waals surface area contributed by atoms with E-state index in [-0.39, 0.29) is 42.6 Å². The van der Waals surface area contributed by atoms with Gasteiger partial charge in [-0.05, 0) is 0 Å². The Morgan fingerprint density at radius 1 is 0.655 bits per heavy atom. The maximum Gasteiger partial charge on any atom is 6.00 e. The van der Waals surface area contributed by atoms with E-state index in [4.69, 9.17) is 9.59 Å². The molecule has 29 heavy (non-hydrogen) atoms. The first-order valence-corrected chi connectivity index (χ1v) is 9.88. The van der Waals surface area contributed by atoms with Crippen LogP contribution in [0.2, 0.25) is 0 Å². The van der Waals surface area contributed by atoms with Crippen molar-refractivity contribution in [2.24, 2.45) is 10.8 Å². The van der Waals surface area contributed by atoms with Gasteiger partial charge in [-0.1, -0.05) is 92.9 Å². The van der Waals surface area contributed by atoms with Crippen molar-refractivity contribution in [1.82, 2.24) is 0 Å². The topological polar surface area (TPSA) is 90.5 Å². The Balaban J connectivity index is -0.000000109. The van der Waals surface area contributed by atoms with Gasteiger partial charge in [0.25, 0.3) is 0 Å².